The highest BCUT2D eigenvalue weighted by Gasteiger charge is 2.57. The van der Waals surface area contributed by atoms with Gasteiger partial charge in [-0.25, -0.2) is 15.0 Å². The van der Waals surface area contributed by atoms with Crippen LogP contribution in [0.5, 0.6) is 0 Å². The predicted molar refractivity (Wildman–Crippen MR) is 149 cm³/mol. The van der Waals surface area contributed by atoms with Crippen LogP contribution in [-0.2, 0) is 19.1 Å². The lowest BCUT2D eigenvalue weighted by molar-refractivity contribution is -0.123. The lowest BCUT2D eigenvalue weighted by Crippen LogP contribution is -2.60. The Kier molecular flexibility index (Phi) is 7.09. The van der Waals surface area contributed by atoms with Crippen LogP contribution < -0.4 is 10.7 Å². The van der Waals surface area contributed by atoms with Crippen LogP contribution in [0.25, 0.3) is 10.8 Å². The summed E-state index contributed by atoms with van der Waals surface area (Å²) >= 11 is 1.14. The highest BCUT2D eigenvalue weighted by Crippen LogP contribution is 2.51. The molecule has 0 saturated carbocycles. The van der Waals surface area contributed by atoms with E-state index in [2.05, 4.69) is 10.7 Å². The normalized spacial score (nSPS) is 17.0. The second kappa shape index (κ2) is 9.87. The molecule has 200 valence electrons. The number of ether oxygens (including phenoxy) is 2. The predicted octanol–water partition coefficient (Wildman–Crippen LogP) is 6.72. The highest BCUT2D eigenvalue weighted by molar-refractivity contribution is 8.01. The van der Waals surface area contributed by atoms with Crippen molar-refractivity contribution in [1.29, 1.82) is 0 Å². The summed E-state index contributed by atoms with van der Waals surface area (Å²) in [5, 5.41) is 5.85. The number of hydrazine groups is 1. The Labute approximate surface area is 227 Å². The quantitative estimate of drug-likeness (QED) is 0.285. The molecule has 4 rings (SSSR count). The zero-order chi connectivity index (χ0) is 27.9. The molecule has 0 radical (unpaired) electrons. The van der Waals surface area contributed by atoms with Gasteiger partial charge < -0.3 is 14.8 Å². The number of carbonyl (C=O) groups is 3. The second-order valence-corrected chi connectivity index (χ2v) is 12.5. The van der Waals surface area contributed by atoms with E-state index < -0.39 is 34.2 Å². The molecule has 0 bridgehead atoms. The van der Waals surface area contributed by atoms with Crippen molar-refractivity contribution in [2.45, 2.75) is 69.4 Å². The number of fused-ring (bicyclic) bond motifs is 2. The standard InChI is InChI=1S/C29H33N3O5S/c1-18-12-15-23-22(16-18)29(24(33)30-23,38-21-14-13-19-10-8-9-11-20(19)17-21)32(26(35)37-28(5,6)7)31-25(34)36-27(2,3)4/h8-17H,1-7H3,(H,30,33)(H,31,34). The van der Waals surface area contributed by atoms with E-state index >= 15 is 0 Å². The molecular weight excluding hydrogens is 502 g/mol. The fourth-order valence-electron chi connectivity index (χ4n) is 4.10. The average Bonchev–Trinajstić information content (AvgIpc) is 3.06. The Balaban J connectivity index is 1.90. The molecule has 1 atom stereocenters. The number of aryl methyl sites for hydroxylation is 1. The number of anilines is 1. The molecule has 0 spiro atoms. The van der Waals surface area contributed by atoms with Gasteiger partial charge in [0.25, 0.3) is 5.91 Å². The number of nitrogens with one attached hydrogen (secondary N) is 2. The van der Waals surface area contributed by atoms with Gasteiger partial charge in [0.05, 0.1) is 0 Å². The summed E-state index contributed by atoms with van der Waals surface area (Å²) in [5.41, 5.74) is 2.74. The van der Waals surface area contributed by atoms with Crippen molar-refractivity contribution in [3.8, 4) is 0 Å². The summed E-state index contributed by atoms with van der Waals surface area (Å²) in [4.78, 5) is 39.7. The lowest BCUT2D eigenvalue weighted by atomic mass is 10.0. The maximum atomic E-state index is 13.9. The van der Waals surface area contributed by atoms with Crippen molar-refractivity contribution < 1.29 is 23.9 Å². The van der Waals surface area contributed by atoms with Gasteiger partial charge in [0.1, 0.15) is 11.2 Å². The zero-order valence-corrected chi connectivity index (χ0v) is 23.5. The summed E-state index contributed by atoms with van der Waals surface area (Å²) in [6.45, 7) is 12.2. The van der Waals surface area contributed by atoms with Crippen LogP contribution in [0.3, 0.4) is 0 Å². The van der Waals surface area contributed by atoms with Crippen molar-refractivity contribution in [2.24, 2.45) is 0 Å². The number of amides is 3. The van der Waals surface area contributed by atoms with Crippen molar-refractivity contribution >= 4 is 46.3 Å². The van der Waals surface area contributed by atoms with Crippen LogP contribution in [0.15, 0.2) is 65.6 Å². The molecule has 1 aliphatic heterocycles. The molecule has 2 N–H and O–H groups in total. The zero-order valence-electron chi connectivity index (χ0n) is 22.7. The summed E-state index contributed by atoms with van der Waals surface area (Å²) in [5.74, 6) is -0.502. The molecule has 0 aliphatic carbocycles. The van der Waals surface area contributed by atoms with Crippen LogP contribution in [0, 0.1) is 6.92 Å². The van der Waals surface area contributed by atoms with Gasteiger partial charge in [0, 0.05) is 16.1 Å². The molecule has 1 heterocycles. The fourth-order valence-corrected chi connectivity index (χ4v) is 5.40. The van der Waals surface area contributed by atoms with E-state index in [0.29, 0.717) is 16.1 Å². The van der Waals surface area contributed by atoms with E-state index in [1.54, 1.807) is 47.6 Å². The minimum atomic E-state index is -1.73. The molecule has 3 amide bonds. The van der Waals surface area contributed by atoms with Crippen LogP contribution in [0.1, 0.15) is 52.7 Å². The smallest absolute Gasteiger partial charge is 0.431 e. The molecular formula is C29H33N3O5S. The van der Waals surface area contributed by atoms with E-state index in [9.17, 15) is 14.4 Å². The van der Waals surface area contributed by atoms with E-state index in [1.165, 1.54) is 0 Å². The third kappa shape index (κ3) is 5.72. The van der Waals surface area contributed by atoms with Gasteiger partial charge in [-0.05, 0) is 77.4 Å². The van der Waals surface area contributed by atoms with Crippen molar-refractivity contribution in [3.05, 3.63) is 71.8 Å². The molecule has 38 heavy (non-hydrogen) atoms. The molecule has 0 aromatic heterocycles. The largest absolute Gasteiger partial charge is 0.443 e. The fraction of sp³-hybridized carbons (Fsp3) is 0.345. The number of carbonyl (C=O) groups excluding carboxylic acids is 3. The van der Waals surface area contributed by atoms with E-state index in [1.807, 2.05) is 61.5 Å². The maximum absolute atomic E-state index is 13.9. The Morgan fingerprint density at radius 3 is 2.21 bits per heavy atom. The molecule has 8 nitrogen and oxygen atoms in total. The van der Waals surface area contributed by atoms with Crippen molar-refractivity contribution in [3.63, 3.8) is 0 Å². The van der Waals surface area contributed by atoms with E-state index in [4.69, 9.17) is 9.47 Å². The topological polar surface area (TPSA) is 97.0 Å². The molecule has 9 heteroatoms. The lowest BCUT2D eigenvalue weighted by Gasteiger charge is -2.39. The third-order valence-electron chi connectivity index (χ3n) is 5.58. The van der Waals surface area contributed by atoms with Crippen LogP contribution in [0.4, 0.5) is 15.3 Å². The first-order valence-electron chi connectivity index (χ1n) is 12.3. The average molecular weight is 536 g/mol. The van der Waals surface area contributed by atoms with E-state index in [-0.39, 0.29) is 0 Å². The number of nitrogens with zero attached hydrogens (tertiary/aromatic N) is 1. The Bertz CT molecular complexity index is 1410. The Hall–Kier alpha value is -3.72. The van der Waals surface area contributed by atoms with Gasteiger partial charge in [-0.15, -0.1) is 0 Å². The van der Waals surface area contributed by atoms with Gasteiger partial charge in [-0.1, -0.05) is 59.8 Å². The monoisotopic (exact) mass is 535 g/mol. The molecule has 0 saturated heterocycles. The number of hydrogen-bond acceptors (Lipinski definition) is 6. The van der Waals surface area contributed by atoms with Crippen molar-refractivity contribution in [2.75, 3.05) is 5.32 Å². The SMILES string of the molecule is Cc1ccc2c(c1)C(Sc1ccc3ccccc3c1)(N(NC(=O)OC(C)(C)C)C(=O)OC(C)(C)C)C(=O)N2. The number of thioether (sulfide) groups is 1. The maximum Gasteiger partial charge on any atom is 0.431 e. The number of benzene rings is 3. The minimum absolute atomic E-state index is 0.502. The molecule has 0 fully saturated rings. The number of hydrogen-bond donors (Lipinski definition) is 2. The summed E-state index contributed by atoms with van der Waals surface area (Å²) in [6.07, 6.45) is -1.79. The van der Waals surface area contributed by atoms with E-state index in [0.717, 1.165) is 33.1 Å². The van der Waals surface area contributed by atoms with Crippen LogP contribution in [0.2, 0.25) is 0 Å². The molecule has 1 unspecified atom stereocenters. The van der Waals surface area contributed by atoms with Crippen molar-refractivity contribution in [1.82, 2.24) is 10.4 Å². The molecule has 1 aliphatic rings. The molecule has 3 aromatic carbocycles. The highest BCUT2D eigenvalue weighted by atomic mass is 32.2. The molecule has 3 aromatic rings. The Morgan fingerprint density at radius 2 is 1.55 bits per heavy atom. The van der Waals surface area contributed by atoms with Gasteiger partial charge in [0.15, 0.2) is 0 Å². The first-order valence-corrected chi connectivity index (χ1v) is 13.1. The first kappa shape index (κ1) is 27.3. The number of rotatable bonds is 3. The third-order valence-corrected chi connectivity index (χ3v) is 6.95. The first-order chi connectivity index (χ1) is 17.7. The second-order valence-electron chi connectivity index (χ2n) is 11.2. The summed E-state index contributed by atoms with van der Waals surface area (Å²) in [6, 6.07) is 19.1. The van der Waals surface area contributed by atoms with Gasteiger partial charge in [-0.2, -0.15) is 5.01 Å². The van der Waals surface area contributed by atoms with Crippen LogP contribution >= 0.6 is 11.8 Å². The summed E-state index contributed by atoms with van der Waals surface area (Å²) < 4.78 is 11.2. The van der Waals surface area contributed by atoms with Gasteiger partial charge >= 0.3 is 12.2 Å². The summed E-state index contributed by atoms with van der Waals surface area (Å²) in [7, 11) is 0. The van der Waals surface area contributed by atoms with Gasteiger partial charge in [0.2, 0.25) is 4.87 Å². The van der Waals surface area contributed by atoms with Crippen LogP contribution in [-0.4, -0.2) is 34.3 Å². The van der Waals surface area contributed by atoms with Gasteiger partial charge in [-0.3, -0.25) is 4.79 Å². The Morgan fingerprint density at radius 1 is 0.895 bits per heavy atom. The minimum Gasteiger partial charge on any atom is -0.443 e.